The fourth-order valence-corrected chi connectivity index (χ4v) is 1.53. The van der Waals surface area contributed by atoms with Crippen LogP contribution in [-0.4, -0.2) is 21.8 Å². The molecule has 0 saturated carbocycles. The third-order valence-corrected chi connectivity index (χ3v) is 2.61. The van der Waals surface area contributed by atoms with Crippen LogP contribution in [0.4, 0.5) is 17.6 Å². The lowest BCUT2D eigenvalue weighted by molar-refractivity contribution is -0.139. The highest BCUT2D eigenvalue weighted by atomic mass is 79.9. The molecule has 1 heterocycles. The van der Waals surface area contributed by atoms with Crippen LogP contribution in [-0.2, 0) is 0 Å². The first-order valence-corrected chi connectivity index (χ1v) is 4.26. The summed E-state index contributed by atoms with van der Waals surface area (Å²) >= 11 is 2.49. The highest BCUT2D eigenvalue weighted by Gasteiger charge is 2.63. The molecule has 0 amide bonds. The van der Waals surface area contributed by atoms with Gasteiger partial charge in [-0.3, -0.25) is 0 Å². The maximum Gasteiger partial charge on any atom is 0.364 e. The number of thioether (sulfide) groups is 1. The summed E-state index contributed by atoms with van der Waals surface area (Å²) in [5.74, 6) is -3.79. The fourth-order valence-electron chi connectivity index (χ4n) is 0.440. The van der Waals surface area contributed by atoms with E-state index in [4.69, 9.17) is 0 Å². The Hall–Kier alpha value is 0.550. The van der Waals surface area contributed by atoms with Gasteiger partial charge in [0.1, 0.15) is 0 Å². The summed E-state index contributed by atoms with van der Waals surface area (Å²) in [5, 5.41) is -1.21. The lowest BCUT2D eigenvalue weighted by atomic mass is 10.3. The van der Waals surface area contributed by atoms with Gasteiger partial charge < -0.3 is 0 Å². The van der Waals surface area contributed by atoms with E-state index in [1.165, 1.54) is 0 Å². The molecule has 1 saturated heterocycles. The standard InChI is InChI=1S/C4H3BrF4S/c5-4(8,9)3(6,7)2-1-10-2/h2H,1H2. The molecule has 0 nitrogen and oxygen atoms in total. The van der Waals surface area contributed by atoms with Gasteiger partial charge in [0.05, 0.1) is 5.25 Å². The van der Waals surface area contributed by atoms with E-state index in [1.807, 2.05) is 0 Å². The van der Waals surface area contributed by atoms with E-state index >= 15 is 0 Å². The molecule has 10 heavy (non-hydrogen) atoms. The van der Waals surface area contributed by atoms with Gasteiger partial charge in [0.2, 0.25) is 0 Å². The first-order valence-electron chi connectivity index (χ1n) is 2.42. The van der Waals surface area contributed by atoms with E-state index in [9.17, 15) is 17.6 Å². The lowest BCUT2D eigenvalue weighted by Gasteiger charge is -2.19. The molecule has 6 heteroatoms. The highest BCUT2D eigenvalue weighted by Crippen LogP contribution is 2.52. The molecule has 1 rings (SSSR count). The lowest BCUT2D eigenvalue weighted by Crippen LogP contribution is -2.39. The van der Waals surface area contributed by atoms with Gasteiger partial charge in [0.25, 0.3) is 0 Å². The molecule has 1 aliphatic rings. The highest BCUT2D eigenvalue weighted by molar-refractivity contribution is 9.10. The van der Waals surface area contributed by atoms with Crippen LogP contribution in [0.3, 0.4) is 0 Å². The van der Waals surface area contributed by atoms with Crippen molar-refractivity contribution < 1.29 is 17.6 Å². The Labute approximate surface area is 67.5 Å². The predicted octanol–water partition coefficient (Wildman–Crippen LogP) is 2.72. The maximum atomic E-state index is 12.3. The van der Waals surface area contributed by atoms with Crippen molar-refractivity contribution >= 4 is 27.7 Å². The molecule has 0 aromatic heterocycles. The van der Waals surface area contributed by atoms with E-state index in [-0.39, 0.29) is 5.75 Å². The summed E-state index contributed by atoms with van der Waals surface area (Å²) in [5.41, 5.74) is 0. The molecular weight excluding hydrogens is 236 g/mol. The van der Waals surface area contributed by atoms with E-state index in [0.717, 1.165) is 11.8 Å². The predicted molar refractivity (Wildman–Crippen MR) is 35.1 cm³/mol. The third-order valence-electron chi connectivity index (χ3n) is 1.12. The number of rotatable bonds is 2. The van der Waals surface area contributed by atoms with Crippen molar-refractivity contribution in [3.05, 3.63) is 0 Å². The summed E-state index contributed by atoms with van der Waals surface area (Å²) in [6, 6.07) is 0. The minimum atomic E-state index is -4.06. The molecule has 0 N–H and O–H groups in total. The Kier molecular flexibility index (Phi) is 1.96. The van der Waals surface area contributed by atoms with E-state index in [0.29, 0.717) is 0 Å². The zero-order valence-corrected chi connectivity index (χ0v) is 6.99. The Morgan fingerprint density at radius 3 is 1.80 bits per heavy atom. The fraction of sp³-hybridized carbons (Fsp3) is 1.00. The van der Waals surface area contributed by atoms with Crippen molar-refractivity contribution in [2.45, 2.75) is 16.0 Å². The molecule has 0 bridgehead atoms. The van der Waals surface area contributed by atoms with Crippen molar-refractivity contribution in [2.24, 2.45) is 0 Å². The van der Waals surface area contributed by atoms with Crippen LogP contribution in [0.1, 0.15) is 0 Å². The maximum absolute atomic E-state index is 12.3. The molecule has 1 aliphatic heterocycles. The quantitative estimate of drug-likeness (QED) is 0.405. The zero-order chi connectivity index (χ0) is 7.99. The van der Waals surface area contributed by atoms with E-state index in [1.54, 1.807) is 15.9 Å². The largest absolute Gasteiger partial charge is 0.364 e. The third kappa shape index (κ3) is 1.42. The Balaban J connectivity index is 2.66. The van der Waals surface area contributed by atoms with Crippen LogP contribution in [0.25, 0.3) is 0 Å². The summed E-state index contributed by atoms with van der Waals surface area (Å²) in [6.07, 6.45) is 0. The van der Waals surface area contributed by atoms with Crippen molar-refractivity contribution in [2.75, 3.05) is 5.75 Å². The minimum Gasteiger partial charge on any atom is -0.197 e. The monoisotopic (exact) mass is 238 g/mol. The zero-order valence-electron chi connectivity index (χ0n) is 4.58. The molecule has 0 aromatic rings. The van der Waals surface area contributed by atoms with Crippen molar-refractivity contribution in [3.63, 3.8) is 0 Å². The molecule has 1 unspecified atom stereocenters. The smallest absolute Gasteiger partial charge is 0.197 e. The van der Waals surface area contributed by atoms with Gasteiger partial charge in [-0.15, -0.1) is 11.8 Å². The van der Waals surface area contributed by atoms with Crippen LogP contribution in [0.2, 0.25) is 0 Å². The molecule has 0 aromatic carbocycles. The summed E-state index contributed by atoms with van der Waals surface area (Å²) in [6.45, 7) is 0. The number of alkyl halides is 5. The number of hydrogen-bond donors (Lipinski definition) is 0. The van der Waals surface area contributed by atoms with Crippen molar-refractivity contribution in [1.82, 2.24) is 0 Å². The van der Waals surface area contributed by atoms with Gasteiger partial charge in [0, 0.05) is 5.75 Å². The second-order valence-corrected chi connectivity index (χ2v) is 4.17. The second kappa shape index (κ2) is 2.27. The van der Waals surface area contributed by atoms with Crippen LogP contribution in [0.5, 0.6) is 0 Å². The topological polar surface area (TPSA) is 0 Å². The molecule has 0 aliphatic carbocycles. The van der Waals surface area contributed by atoms with Crippen LogP contribution >= 0.6 is 27.7 Å². The summed E-state index contributed by atoms with van der Waals surface area (Å²) < 4.78 is 48.5. The Bertz CT molecular complexity index is 139. The SMILES string of the molecule is FC(F)(Br)C(F)(F)C1CS1. The van der Waals surface area contributed by atoms with Crippen LogP contribution in [0.15, 0.2) is 0 Å². The molecular formula is C4H3BrF4S. The van der Waals surface area contributed by atoms with Gasteiger partial charge in [-0.2, -0.15) is 17.6 Å². The average molecular weight is 239 g/mol. The molecule has 1 atom stereocenters. The van der Waals surface area contributed by atoms with E-state index in [2.05, 4.69) is 0 Å². The molecule has 60 valence electrons. The van der Waals surface area contributed by atoms with Gasteiger partial charge in [-0.05, 0) is 15.9 Å². The first kappa shape index (κ1) is 8.64. The van der Waals surface area contributed by atoms with Crippen molar-refractivity contribution in [1.29, 1.82) is 0 Å². The molecule has 1 fully saturated rings. The van der Waals surface area contributed by atoms with E-state index < -0.39 is 16.0 Å². The number of halogens is 5. The minimum absolute atomic E-state index is 0.119. The van der Waals surface area contributed by atoms with Crippen molar-refractivity contribution in [3.8, 4) is 0 Å². The van der Waals surface area contributed by atoms with Crippen LogP contribution in [0, 0.1) is 0 Å². The average Bonchev–Trinajstić information content (AvgIpc) is 2.38. The summed E-state index contributed by atoms with van der Waals surface area (Å²) in [4.78, 5) is -4.06. The normalized spacial score (nSPS) is 26.7. The van der Waals surface area contributed by atoms with Gasteiger partial charge in [-0.25, -0.2) is 0 Å². The summed E-state index contributed by atoms with van der Waals surface area (Å²) in [7, 11) is 0. The Morgan fingerprint density at radius 2 is 1.70 bits per heavy atom. The molecule has 0 radical (unpaired) electrons. The van der Waals surface area contributed by atoms with Gasteiger partial charge in [0.15, 0.2) is 0 Å². The second-order valence-electron chi connectivity index (χ2n) is 1.94. The van der Waals surface area contributed by atoms with Gasteiger partial charge >= 0.3 is 10.8 Å². The Morgan fingerprint density at radius 1 is 1.30 bits per heavy atom. The van der Waals surface area contributed by atoms with Crippen LogP contribution < -0.4 is 0 Å². The molecule has 0 spiro atoms. The van der Waals surface area contributed by atoms with Gasteiger partial charge in [-0.1, -0.05) is 0 Å². The number of hydrogen-bond acceptors (Lipinski definition) is 1. The first-order chi connectivity index (χ1) is 4.36.